The minimum Gasteiger partial charge on any atom is -0.477 e. The highest BCUT2D eigenvalue weighted by molar-refractivity contribution is 5.88. The summed E-state index contributed by atoms with van der Waals surface area (Å²) in [5, 5.41) is 0.872. The maximum atomic E-state index is 13.3. The predicted octanol–water partition coefficient (Wildman–Crippen LogP) is 5.65. The first-order valence-electron chi connectivity index (χ1n) is 11.5. The van der Waals surface area contributed by atoms with E-state index >= 15 is 0 Å². The molecule has 0 N–H and O–H groups in total. The van der Waals surface area contributed by atoms with Gasteiger partial charge in [0.05, 0.1) is 17.5 Å². The Hall–Kier alpha value is -3.38. The number of fused-ring (bicyclic) bond motifs is 1. The molecule has 0 aliphatic carbocycles. The van der Waals surface area contributed by atoms with Gasteiger partial charge in [0.1, 0.15) is 12.1 Å². The lowest BCUT2D eigenvalue weighted by Crippen LogP contribution is -2.39. The van der Waals surface area contributed by atoms with Gasteiger partial charge in [0.25, 0.3) is 0 Å². The van der Waals surface area contributed by atoms with Gasteiger partial charge in [-0.2, -0.15) is 0 Å². The summed E-state index contributed by atoms with van der Waals surface area (Å²) in [4.78, 5) is 15.5. The summed E-state index contributed by atoms with van der Waals surface area (Å²) in [6.45, 7) is 2.67. The molecule has 1 aliphatic rings. The maximum Gasteiger partial charge on any atom is 0.224 e. The van der Waals surface area contributed by atoms with Crippen LogP contribution in [0.1, 0.15) is 31.2 Å². The van der Waals surface area contributed by atoms with Gasteiger partial charge in [-0.1, -0.05) is 24.6 Å². The molecule has 3 heterocycles. The molecular weight excluding hydrogens is 415 g/mol. The second-order valence-corrected chi connectivity index (χ2v) is 8.53. The van der Waals surface area contributed by atoms with Crippen LogP contribution in [0, 0.1) is 5.82 Å². The van der Waals surface area contributed by atoms with E-state index in [1.807, 2.05) is 30.6 Å². The van der Waals surface area contributed by atoms with Crippen molar-refractivity contribution in [2.24, 2.45) is 0 Å². The lowest BCUT2D eigenvalue weighted by Gasteiger charge is -2.35. The Morgan fingerprint density at radius 3 is 2.61 bits per heavy atom. The molecule has 168 valence electrons. The zero-order chi connectivity index (χ0) is 22.5. The van der Waals surface area contributed by atoms with Crippen LogP contribution in [-0.2, 0) is 6.54 Å². The molecule has 4 aromatic rings. The number of pyridine rings is 1. The summed E-state index contributed by atoms with van der Waals surface area (Å²) >= 11 is 0. The Kier molecular flexibility index (Phi) is 6.53. The summed E-state index contributed by atoms with van der Waals surface area (Å²) in [6.07, 6.45) is 9.91. The first kappa shape index (κ1) is 21.5. The number of aromatic nitrogens is 3. The van der Waals surface area contributed by atoms with Crippen LogP contribution in [0.2, 0.25) is 0 Å². The topological polar surface area (TPSA) is 51.1 Å². The number of benzene rings is 2. The summed E-state index contributed by atoms with van der Waals surface area (Å²) in [5.74, 6) is 0.355. The quantitative estimate of drug-likeness (QED) is 0.370. The van der Waals surface area contributed by atoms with E-state index in [0.29, 0.717) is 18.5 Å². The summed E-state index contributed by atoms with van der Waals surface area (Å²) in [7, 11) is 0. The maximum absolute atomic E-state index is 13.3. The van der Waals surface area contributed by atoms with Crippen molar-refractivity contribution < 1.29 is 9.13 Å². The normalized spacial score (nSPS) is 16.7. The molecule has 1 aliphatic heterocycles. The van der Waals surface area contributed by atoms with E-state index in [4.69, 9.17) is 4.74 Å². The van der Waals surface area contributed by atoms with E-state index in [1.165, 1.54) is 37.0 Å². The fraction of sp³-hybridized carbons (Fsp3) is 0.296. The minimum atomic E-state index is -0.243. The monoisotopic (exact) mass is 442 g/mol. The number of hydrogen-bond acceptors (Lipinski definition) is 5. The Morgan fingerprint density at radius 2 is 1.76 bits per heavy atom. The largest absolute Gasteiger partial charge is 0.477 e. The Bertz CT molecular complexity index is 1200. The van der Waals surface area contributed by atoms with Crippen LogP contribution in [-0.4, -0.2) is 39.0 Å². The third-order valence-electron chi connectivity index (χ3n) is 6.35. The molecule has 0 radical (unpaired) electrons. The molecule has 2 aromatic carbocycles. The van der Waals surface area contributed by atoms with Crippen LogP contribution in [0.15, 0.2) is 73.3 Å². The molecule has 1 saturated heterocycles. The molecule has 5 rings (SSSR count). The van der Waals surface area contributed by atoms with Crippen molar-refractivity contribution in [2.75, 3.05) is 13.2 Å². The van der Waals surface area contributed by atoms with Crippen molar-refractivity contribution in [3.05, 3.63) is 84.7 Å². The summed E-state index contributed by atoms with van der Waals surface area (Å²) in [6, 6.07) is 17.2. The highest BCUT2D eigenvalue weighted by Crippen LogP contribution is 2.29. The molecule has 1 unspecified atom stereocenters. The van der Waals surface area contributed by atoms with E-state index in [2.05, 4.69) is 32.0 Å². The molecule has 1 fully saturated rings. The van der Waals surface area contributed by atoms with Gasteiger partial charge in [0, 0.05) is 25.0 Å². The standard InChI is InChI=1S/C27H27FN4O/c28-23-7-4-21(5-8-23)22-6-9-26-25(17-22)27(31-19-30-26)33-16-12-24-3-1-2-15-32(24)18-20-10-13-29-14-11-20/h4-11,13-14,17,19,24H,1-3,12,15-16,18H2. The zero-order valence-electron chi connectivity index (χ0n) is 18.5. The lowest BCUT2D eigenvalue weighted by atomic mass is 9.99. The van der Waals surface area contributed by atoms with Gasteiger partial charge in [-0.25, -0.2) is 14.4 Å². The van der Waals surface area contributed by atoms with E-state index < -0.39 is 0 Å². The molecule has 6 heteroatoms. The molecule has 0 spiro atoms. The summed E-state index contributed by atoms with van der Waals surface area (Å²) < 4.78 is 19.5. The van der Waals surface area contributed by atoms with Gasteiger partial charge in [-0.3, -0.25) is 9.88 Å². The number of piperidine rings is 1. The first-order chi connectivity index (χ1) is 16.3. The highest BCUT2D eigenvalue weighted by Gasteiger charge is 2.22. The molecule has 5 nitrogen and oxygen atoms in total. The van der Waals surface area contributed by atoms with E-state index in [0.717, 1.165) is 41.5 Å². The molecule has 1 atom stereocenters. The van der Waals surface area contributed by atoms with Gasteiger partial charge in [-0.05, 0) is 78.9 Å². The number of rotatable bonds is 7. The lowest BCUT2D eigenvalue weighted by molar-refractivity contribution is 0.116. The van der Waals surface area contributed by atoms with Crippen molar-refractivity contribution >= 4 is 10.9 Å². The second-order valence-electron chi connectivity index (χ2n) is 8.53. The molecular formula is C27H27FN4O. The van der Waals surface area contributed by atoms with Crippen LogP contribution in [0.5, 0.6) is 5.88 Å². The fourth-order valence-electron chi connectivity index (χ4n) is 4.58. The molecule has 0 bridgehead atoms. The molecule has 0 amide bonds. The average Bonchev–Trinajstić information content (AvgIpc) is 2.86. The number of nitrogens with zero attached hydrogens (tertiary/aromatic N) is 4. The van der Waals surface area contributed by atoms with Crippen molar-refractivity contribution in [2.45, 2.75) is 38.3 Å². The Labute approximate surface area is 193 Å². The van der Waals surface area contributed by atoms with Crippen molar-refractivity contribution in [1.29, 1.82) is 0 Å². The number of hydrogen-bond donors (Lipinski definition) is 0. The van der Waals surface area contributed by atoms with Crippen LogP contribution >= 0.6 is 0 Å². The van der Waals surface area contributed by atoms with Crippen LogP contribution in [0.3, 0.4) is 0 Å². The number of ether oxygens (including phenoxy) is 1. The van der Waals surface area contributed by atoms with Gasteiger partial charge in [0.15, 0.2) is 0 Å². The van der Waals surface area contributed by atoms with Crippen molar-refractivity contribution in [3.8, 4) is 17.0 Å². The van der Waals surface area contributed by atoms with Gasteiger partial charge >= 0.3 is 0 Å². The van der Waals surface area contributed by atoms with E-state index in [1.54, 1.807) is 18.5 Å². The number of halogens is 1. The average molecular weight is 443 g/mol. The summed E-state index contributed by atoms with van der Waals surface area (Å²) in [5.41, 5.74) is 4.07. The van der Waals surface area contributed by atoms with E-state index in [9.17, 15) is 4.39 Å². The smallest absolute Gasteiger partial charge is 0.224 e. The molecule has 2 aromatic heterocycles. The van der Waals surface area contributed by atoms with Gasteiger partial charge in [-0.15, -0.1) is 0 Å². The van der Waals surface area contributed by atoms with Crippen LogP contribution in [0.25, 0.3) is 22.0 Å². The van der Waals surface area contributed by atoms with Crippen LogP contribution < -0.4 is 4.74 Å². The SMILES string of the molecule is Fc1ccc(-c2ccc3ncnc(OCCC4CCCCN4Cc4ccncc4)c3c2)cc1. The minimum absolute atomic E-state index is 0.243. The number of likely N-dealkylation sites (tertiary alicyclic amines) is 1. The first-order valence-corrected chi connectivity index (χ1v) is 11.5. The molecule has 0 saturated carbocycles. The Balaban J connectivity index is 1.28. The second kappa shape index (κ2) is 10.0. The van der Waals surface area contributed by atoms with Gasteiger partial charge < -0.3 is 4.74 Å². The van der Waals surface area contributed by atoms with E-state index in [-0.39, 0.29) is 5.82 Å². The van der Waals surface area contributed by atoms with Crippen LogP contribution in [0.4, 0.5) is 4.39 Å². The molecule has 33 heavy (non-hydrogen) atoms. The highest BCUT2D eigenvalue weighted by atomic mass is 19.1. The van der Waals surface area contributed by atoms with Crippen molar-refractivity contribution in [3.63, 3.8) is 0 Å². The Morgan fingerprint density at radius 1 is 0.939 bits per heavy atom. The third-order valence-corrected chi connectivity index (χ3v) is 6.35. The zero-order valence-corrected chi connectivity index (χ0v) is 18.5. The third kappa shape index (κ3) is 5.17. The van der Waals surface area contributed by atoms with Crippen molar-refractivity contribution in [1.82, 2.24) is 19.9 Å². The predicted molar refractivity (Wildman–Crippen MR) is 127 cm³/mol. The fourth-order valence-corrected chi connectivity index (χ4v) is 4.58. The van der Waals surface area contributed by atoms with Gasteiger partial charge in [0.2, 0.25) is 5.88 Å².